The van der Waals surface area contributed by atoms with Gasteiger partial charge in [0, 0.05) is 15.5 Å². The number of aromatic nitrogens is 1. The summed E-state index contributed by atoms with van der Waals surface area (Å²) < 4.78 is 14.0. The number of carbonyl (C=O) groups is 1. The third kappa shape index (κ3) is 3.49. The monoisotopic (exact) mass is 415 g/mol. The van der Waals surface area contributed by atoms with Crippen LogP contribution in [0.4, 0.5) is 0 Å². The minimum absolute atomic E-state index is 0.114. The molecular formula is C21H22BrNO3. The van der Waals surface area contributed by atoms with Crippen LogP contribution in [0.25, 0.3) is 16.6 Å². The van der Waals surface area contributed by atoms with Crippen LogP contribution in [0.15, 0.2) is 46.9 Å². The Hall–Kier alpha value is -2.27. The van der Waals surface area contributed by atoms with Gasteiger partial charge < -0.3 is 14.0 Å². The van der Waals surface area contributed by atoms with Crippen LogP contribution < -0.4 is 4.74 Å². The first-order valence-corrected chi connectivity index (χ1v) is 9.46. The number of hydrogen-bond acceptors (Lipinski definition) is 3. The maximum Gasteiger partial charge on any atom is 0.355 e. The summed E-state index contributed by atoms with van der Waals surface area (Å²) in [6.07, 6.45) is 0.114. The topological polar surface area (TPSA) is 40.5 Å². The van der Waals surface area contributed by atoms with Gasteiger partial charge in [-0.2, -0.15) is 0 Å². The van der Waals surface area contributed by atoms with Crippen LogP contribution in [0.1, 0.15) is 36.8 Å². The van der Waals surface area contributed by atoms with Crippen molar-refractivity contribution in [2.75, 3.05) is 6.61 Å². The van der Waals surface area contributed by atoms with E-state index in [0.29, 0.717) is 12.3 Å². The van der Waals surface area contributed by atoms with E-state index in [0.717, 1.165) is 32.4 Å². The van der Waals surface area contributed by atoms with Crippen molar-refractivity contribution in [3.63, 3.8) is 0 Å². The van der Waals surface area contributed by atoms with E-state index in [-0.39, 0.29) is 12.1 Å². The molecule has 0 fully saturated rings. The average molecular weight is 416 g/mol. The highest BCUT2D eigenvalue weighted by atomic mass is 79.9. The number of carbonyl (C=O) groups excluding carboxylic acids is 1. The number of halogens is 1. The Kier molecular flexibility index (Phi) is 5.37. The van der Waals surface area contributed by atoms with Gasteiger partial charge in [-0.05, 0) is 75.7 Å². The number of nitrogens with zero attached hydrogens (tertiary/aromatic N) is 1. The number of esters is 1. The highest BCUT2D eigenvalue weighted by Gasteiger charge is 2.22. The molecule has 0 bridgehead atoms. The lowest BCUT2D eigenvalue weighted by Gasteiger charge is -2.13. The Labute approximate surface area is 161 Å². The van der Waals surface area contributed by atoms with E-state index >= 15 is 0 Å². The van der Waals surface area contributed by atoms with Crippen molar-refractivity contribution in [2.45, 2.75) is 33.8 Å². The molecule has 26 heavy (non-hydrogen) atoms. The molecule has 0 atom stereocenters. The number of aryl methyl sites for hydroxylation is 1. The summed E-state index contributed by atoms with van der Waals surface area (Å²) in [6, 6.07) is 13.8. The van der Waals surface area contributed by atoms with Crippen molar-refractivity contribution in [3.8, 4) is 11.4 Å². The highest BCUT2D eigenvalue weighted by Crippen LogP contribution is 2.32. The average Bonchev–Trinajstić information content (AvgIpc) is 2.88. The first-order chi connectivity index (χ1) is 12.4. The van der Waals surface area contributed by atoms with E-state index in [1.54, 1.807) is 0 Å². The lowest BCUT2D eigenvalue weighted by atomic mass is 10.1. The van der Waals surface area contributed by atoms with Gasteiger partial charge in [0.1, 0.15) is 11.4 Å². The molecule has 1 aromatic heterocycles. The number of fused-ring (bicyclic) bond motifs is 1. The van der Waals surface area contributed by atoms with E-state index in [4.69, 9.17) is 9.47 Å². The molecule has 0 radical (unpaired) electrons. The van der Waals surface area contributed by atoms with Gasteiger partial charge in [-0.25, -0.2) is 4.79 Å². The lowest BCUT2D eigenvalue weighted by Crippen LogP contribution is -2.12. The van der Waals surface area contributed by atoms with Crippen LogP contribution in [0.3, 0.4) is 0 Å². The molecule has 0 N–H and O–H groups in total. The Balaban J connectivity index is 2.20. The first-order valence-electron chi connectivity index (χ1n) is 8.67. The summed E-state index contributed by atoms with van der Waals surface area (Å²) in [5.74, 6) is 0.484. The minimum atomic E-state index is -0.320. The quantitative estimate of drug-likeness (QED) is 0.504. The third-order valence-corrected chi connectivity index (χ3v) is 4.61. The van der Waals surface area contributed by atoms with E-state index in [1.165, 1.54) is 0 Å². The van der Waals surface area contributed by atoms with E-state index in [9.17, 15) is 4.79 Å². The number of rotatable bonds is 5. The fourth-order valence-corrected chi connectivity index (χ4v) is 3.44. The second-order valence-electron chi connectivity index (χ2n) is 6.35. The van der Waals surface area contributed by atoms with Crippen LogP contribution in [-0.4, -0.2) is 23.2 Å². The Bertz CT molecular complexity index is 942. The van der Waals surface area contributed by atoms with Gasteiger partial charge in [0.05, 0.1) is 18.2 Å². The van der Waals surface area contributed by atoms with Crippen molar-refractivity contribution in [2.24, 2.45) is 0 Å². The summed E-state index contributed by atoms with van der Waals surface area (Å²) in [7, 11) is 0. The van der Waals surface area contributed by atoms with Crippen molar-refractivity contribution < 1.29 is 14.3 Å². The smallest absolute Gasteiger partial charge is 0.355 e. The van der Waals surface area contributed by atoms with Crippen molar-refractivity contribution in [1.82, 2.24) is 4.57 Å². The minimum Gasteiger partial charge on any atom is -0.491 e. The summed E-state index contributed by atoms with van der Waals surface area (Å²) >= 11 is 3.51. The Morgan fingerprint density at radius 3 is 2.46 bits per heavy atom. The van der Waals surface area contributed by atoms with Gasteiger partial charge in [-0.3, -0.25) is 0 Å². The van der Waals surface area contributed by atoms with Gasteiger partial charge in [0.15, 0.2) is 0 Å². The SMILES string of the molecule is CCOC(=O)c1c(C)c2cc(Br)ccc2n1-c1ccc(OC(C)C)cc1. The number of benzene rings is 2. The molecular weight excluding hydrogens is 394 g/mol. The summed E-state index contributed by atoms with van der Waals surface area (Å²) in [5, 5.41) is 1.02. The van der Waals surface area contributed by atoms with Crippen molar-refractivity contribution >= 4 is 32.8 Å². The third-order valence-electron chi connectivity index (χ3n) is 4.12. The molecule has 0 aliphatic carbocycles. The molecule has 0 amide bonds. The first kappa shape index (κ1) is 18.5. The van der Waals surface area contributed by atoms with Crippen LogP contribution in [-0.2, 0) is 4.74 Å². The lowest BCUT2D eigenvalue weighted by molar-refractivity contribution is 0.0516. The molecule has 3 rings (SSSR count). The Morgan fingerprint density at radius 2 is 1.85 bits per heavy atom. The molecule has 0 saturated carbocycles. The van der Waals surface area contributed by atoms with E-state index in [1.807, 2.05) is 74.7 Å². The molecule has 5 heteroatoms. The number of hydrogen-bond donors (Lipinski definition) is 0. The molecule has 0 aliphatic heterocycles. The predicted molar refractivity (Wildman–Crippen MR) is 107 cm³/mol. The summed E-state index contributed by atoms with van der Waals surface area (Å²) in [4.78, 5) is 12.6. The number of ether oxygens (including phenoxy) is 2. The van der Waals surface area contributed by atoms with Crippen LogP contribution in [0, 0.1) is 6.92 Å². The Morgan fingerprint density at radius 1 is 1.15 bits per heavy atom. The fourth-order valence-electron chi connectivity index (χ4n) is 3.08. The fraction of sp³-hybridized carbons (Fsp3) is 0.286. The molecule has 2 aromatic carbocycles. The predicted octanol–water partition coefficient (Wildman–Crippen LogP) is 5.67. The van der Waals surface area contributed by atoms with Gasteiger partial charge in [-0.15, -0.1) is 0 Å². The summed E-state index contributed by atoms with van der Waals surface area (Å²) in [5.41, 5.74) is 3.32. The molecule has 136 valence electrons. The maximum absolute atomic E-state index is 12.6. The molecule has 4 nitrogen and oxygen atoms in total. The van der Waals surface area contributed by atoms with Crippen LogP contribution >= 0.6 is 15.9 Å². The van der Waals surface area contributed by atoms with Gasteiger partial charge >= 0.3 is 5.97 Å². The van der Waals surface area contributed by atoms with Crippen LogP contribution in [0.5, 0.6) is 5.75 Å². The standard InChI is InChI=1S/C21H22BrNO3/c1-5-25-21(24)20-14(4)18-12-15(22)6-11-19(18)23(20)16-7-9-17(10-8-16)26-13(2)3/h6-13H,5H2,1-4H3. The van der Waals surface area contributed by atoms with E-state index in [2.05, 4.69) is 15.9 Å². The molecule has 0 unspecified atom stereocenters. The molecule has 1 heterocycles. The zero-order valence-corrected chi connectivity index (χ0v) is 17.0. The largest absolute Gasteiger partial charge is 0.491 e. The van der Waals surface area contributed by atoms with Gasteiger partial charge in [0.2, 0.25) is 0 Å². The molecule has 3 aromatic rings. The normalized spacial score (nSPS) is 11.2. The summed E-state index contributed by atoms with van der Waals surface area (Å²) in [6.45, 7) is 8.09. The van der Waals surface area contributed by atoms with Crippen LogP contribution in [0.2, 0.25) is 0 Å². The zero-order chi connectivity index (χ0) is 18.8. The second-order valence-corrected chi connectivity index (χ2v) is 7.27. The maximum atomic E-state index is 12.6. The van der Waals surface area contributed by atoms with Gasteiger partial charge in [-0.1, -0.05) is 15.9 Å². The second kappa shape index (κ2) is 7.54. The molecule has 0 aliphatic rings. The zero-order valence-electron chi connectivity index (χ0n) is 15.4. The molecule has 0 saturated heterocycles. The van der Waals surface area contributed by atoms with Gasteiger partial charge in [0.25, 0.3) is 0 Å². The molecule has 0 spiro atoms. The van der Waals surface area contributed by atoms with E-state index < -0.39 is 0 Å². The van der Waals surface area contributed by atoms with Crippen molar-refractivity contribution in [1.29, 1.82) is 0 Å². The highest BCUT2D eigenvalue weighted by molar-refractivity contribution is 9.10. The van der Waals surface area contributed by atoms with Crippen molar-refractivity contribution in [3.05, 3.63) is 58.2 Å².